The van der Waals surface area contributed by atoms with Crippen LogP contribution in [0, 0.1) is 5.41 Å². The minimum atomic E-state index is -0.153. The summed E-state index contributed by atoms with van der Waals surface area (Å²) in [5.74, 6) is 0. The summed E-state index contributed by atoms with van der Waals surface area (Å²) in [5, 5.41) is 7.96. The minimum Gasteiger partial charge on any atom is -0.376 e. The summed E-state index contributed by atoms with van der Waals surface area (Å²) in [6.07, 6.45) is 6.42. The van der Waals surface area contributed by atoms with E-state index in [2.05, 4.69) is 51.8 Å². The van der Waals surface area contributed by atoms with Gasteiger partial charge in [-0.15, -0.1) is 0 Å². The normalized spacial score (nSPS) is 22.2. The lowest BCUT2D eigenvalue weighted by Gasteiger charge is -2.47. The van der Waals surface area contributed by atoms with Crippen molar-refractivity contribution in [2.45, 2.75) is 64.6 Å². The van der Waals surface area contributed by atoms with E-state index in [4.69, 9.17) is 4.74 Å². The Morgan fingerprint density at radius 2 is 2.00 bits per heavy atom. The molecule has 1 fully saturated rings. The average Bonchev–Trinajstić information content (AvgIpc) is 2.83. The molecule has 1 aliphatic rings. The molecule has 0 aromatic carbocycles. The molecule has 0 aliphatic heterocycles. The first-order valence-electron chi connectivity index (χ1n) is 7.83. The molecule has 1 saturated carbocycles. The van der Waals surface area contributed by atoms with Gasteiger partial charge in [-0.2, -0.15) is 5.10 Å². The Hall–Kier alpha value is -0.390. The second kappa shape index (κ2) is 6.39. The van der Waals surface area contributed by atoms with Gasteiger partial charge in [-0.25, -0.2) is 0 Å². The van der Waals surface area contributed by atoms with Crippen LogP contribution in [0.4, 0.5) is 0 Å². The monoisotopic (exact) mass is 357 g/mol. The first-order valence-corrected chi connectivity index (χ1v) is 8.62. The molecule has 0 bridgehead atoms. The van der Waals surface area contributed by atoms with E-state index in [9.17, 15) is 0 Å². The second-order valence-electron chi connectivity index (χ2n) is 6.85. The molecule has 0 amide bonds. The van der Waals surface area contributed by atoms with Crippen LogP contribution in [0.25, 0.3) is 0 Å². The fraction of sp³-hybridized carbons (Fsp3) is 0.812. The van der Waals surface area contributed by atoms with Crippen molar-refractivity contribution in [3.63, 3.8) is 0 Å². The van der Waals surface area contributed by atoms with Gasteiger partial charge in [0.1, 0.15) is 0 Å². The highest BCUT2D eigenvalue weighted by atomic mass is 79.9. The lowest BCUT2D eigenvalue weighted by molar-refractivity contribution is -0.0879. The van der Waals surface area contributed by atoms with Crippen LogP contribution in [0.3, 0.4) is 0 Å². The number of likely N-dealkylation sites (N-methyl/N-ethyl adjacent to an activating group) is 1. The first kappa shape index (κ1) is 17.0. The van der Waals surface area contributed by atoms with Gasteiger partial charge >= 0.3 is 0 Å². The molecule has 1 unspecified atom stereocenters. The zero-order chi connectivity index (χ0) is 15.7. The van der Waals surface area contributed by atoms with Crippen LogP contribution in [-0.2, 0) is 11.3 Å². The molecule has 0 radical (unpaired) electrons. The molecule has 1 atom stereocenters. The Bertz CT molecular complexity index is 474. The maximum absolute atomic E-state index is 6.08. The predicted molar refractivity (Wildman–Crippen MR) is 89.4 cm³/mol. The number of hydrogen-bond acceptors (Lipinski definition) is 3. The highest BCUT2D eigenvalue weighted by Gasteiger charge is 2.46. The van der Waals surface area contributed by atoms with Crippen LogP contribution in [-0.4, -0.2) is 29.5 Å². The molecule has 1 aromatic rings. The van der Waals surface area contributed by atoms with E-state index in [1.54, 1.807) is 0 Å². The van der Waals surface area contributed by atoms with Crippen LogP contribution in [0.15, 0.2) is 10.7 Å². The number of aryl methyl sites for hydroxylation is 1. The third-order valence-electron chi connectivity index (χ3n) is 5.08. The zero-order valence-electron chi connectivity index (χ0n) is 13.9. The molecule has 120 valence electrons. The highest BCUT2D eigenvalue weighted by Crippen LogP contribution is 2.48. The molecule has 0 saturated heterocycles. The van der Waals surface area contributed by atoms with E-state index < -0.39 is 0 Å². The van der Waals surface area contributed by atoms with E-state index in [1.165, 1.54) is 18.5 Å². The molecular formula is C16H28BrN3O. The molecule has 1 N–H and O–H groups in total. The topological polar surface area (TPSA) is 39.1 Å². The summed E-state index contributed by atoms with van der Waals surface area (Å²) in [4.78, 5) is 0. The lowest BCUT2D eigenvalue weighted by Crippen LogP contribution is -2.49. The Labute approximate surface area is 136 Å². The van der Waals surface area contributed by atoms with Crippen molar-refractivity contribution in [1.82, 2.24) is 15.1 Å². The number of rotatable bonds is 5. The Balaban J connectivity index is 2.36. The van der Waals surface area contributed by atoms with Gasteiger partial charge in [0.25, 0.3) is 0 Å². The van der Waals surface area contributed by atoms with Crippen molar-refractivity contribution in [2.75, 3.05) is 14.2 Å². The summed E-state index contributed by atoms with van der Waals surface area (Å²) in [7, 11) is 3.87. The van der Waals surface area contributed by atoms with Crippen LogP contribution < -0.4 is 5.32 Å². The number of ether oxygens (including phenoxy) is 1. The largest absolute Gasteiger partial charge is 0.376 e. The number of methoxy groups -OCH3 is 1. The number of nitrogens with one attached hydrogen (secondary N) is 1. The molecule has 0 spiro atoms. The van der Waals surface area contributed by atoms with Crippen LogP contribution in [0.2, 0.25) is 0 Å². The van der Waals surface area contributed by atoms with Crippen molar-refractivity contribution >= 4 is 15.9 Å². The summed E-state index contributed by atoms with van der Waals surface area (Å²) >= 11 is 3.66. The van der Waals surface area contributed by atoms with Gasteiger partial charge in [0.05, 0.1) is 28.0 Å². The number of nitrogens with zero attached hydrogens (tertiary/aromatic N) is 2. The maximum atomic E-state index is 6.08. The number of hydrogen-bond donors (Lipinski definition) is 1. The molecule has 2 rings (SSSR count). The van der Waals surface area contributed by atoms with Crippen LogP contribution in [0.5, 0.6) is 0 Å². The van der Waals surface area contributed by atoms with Crippen molar-refractivity contribution in [2.24, 2.45) is 5.41 Å². The molecular weight excluding hydrogens is 330 g/mol. The van der Waals surface area contributed by atoms with E-state index in [0.717, 1.165) is 23.9 Å². The average molecular weight is 358 g/mol. The molecule has 4 nitrogen and oxygen atoms in total. The van der Waals surface area contributed by atoms with E-state index in [1.807, 2.05) is 20.4 Å². The van der Waals surface area contributed by atoms with Crippen molar-refractivity contribution in [3.05, 3.63) is 16.4 Å². The van der Waals surface area contributed by atoms with Gasteiger partial charge < -0.3 is 10.1 Å². The summed E-state index contributed by atoms with van der Waals surface area (Å²) in [6.45, 7) is 7.70. The summed E-state index contributed by atoms with van der Waals surface area (Å²) in [6, 6.07) is 0.149. The number of halogens is 1. The first-order chi connectivity index (χ1) is 9.89. The van der Waals surface area contributed by atoms with Gasteiger partial charge in [-0.1, -0.05) is 13.8 Å². The SMILES string of the molecule is CCn1ncc(Br)c1C(NC)C1(OC)CCC(C)(C)CC1. The Morgan fingerprint density at radius 1 is 1.38 bits per heavy atom. The third-order valence-corrected chi connectivity index (χ3v) is 5.69. The minimum absolute atomic E-state index is 0.149. The Morgan fingerprint density at radius 3 is 2.48 bits per heavy atom. The number of aromatic nitrogens is 2. The van der Waals surface area contributed by atoms with Gasteiger partial charge in [-0.05, 0) is 61.0 Å². The van der Waals surface area contributed by atoms with Gasteiger partial charge in [0.15, 0.2) is 0 Å². The fourth-order valence-electron chi connectivity index (χ4n) is 3.52. The molecule has 1 aromatic heterocycles. The molecule has 1 heterocycles. The summed E-state index contributed by atoms with van der Waals surface area (Å²) < 4.78 is 9.20. The van der Waals surface area contributed by atoms with E-state index in [0.29, 0.717) is 5.41 Å². The van der Waals surface area contributed by atoms with E-state index in [-0.39, 0.29) is 11.6 Å². The standard InChI is InChI=1S/C16H28BrN3O/c1-6-20-13(12(17)11-19-20)14(18-4)16(21-5)9-7-15(2,3)8-10-16/h11,14,18H,6-10H2,1-5H3. The quantitative estimate of drug-likeness (QED) is 0.867. The second-order valence-corrected chi connectivity index (χ2v) is 7.70. The molecule has 5 heteroatoms. The molecule has 21 heavy (non-hydrogen) atoms. The van der Waals surface area contributed by atoms with Crippen molar-refractivity contribution in [1.29, 1.82) is 0 Å². The third kappa shape index (κ3) is 3.20. The van der Waals surface area contributed by atoms with Crippen LogP contribution >= 0.6 is 15.9 Å². The fourth-order valence-corrected chi connectivity index (χ4v) is 4.05. The highest BCUT2D eigenvalue weighted by molar-refractivity contribution is 9.10. The van der Waals surface area contributed by atoms with Crippen LogP contribution in [0.1, 0.15) is 58.2 Å². The maximum Gasteiger partial charge on any atom is 0.0888 e. The summed E-state index contributed by atoms with van der Waals surface area (Å²) in [5.41, 5.74) is 1.46. The van der Waals surface area contributed by atoms with Crippen molar-refractivity contribution in [3.8, 4) is 0 Å². The Kier molecular flexibility index (Phi) is 5.16. The predicted octanol–water partition coefficient (Wildman–Crippen LogP) is 3.91. The van der Waals surface area contributed by atoms with Gasteiger partial charge in [-0.3, -0.25) is 4.68 Å². The lowest BCUT2D eigenvalue weighted by atomic mass is 9.68. The van der Waals surface area contributed by atoms with E-state index >= 15 is 0 Å². The zero-order valence-corrected chi connectivity index (χ0v) is 15.5. The molecule has 1 aliphatic carbocycles. The smallest absolute Gasteiger partial charge is 0.0888 e. The van der Waals surface area contributed by atoms with Crippen molar-refractivity contribution < 1.29 is 4.74 Å². The van der Waals surface area contributed by atoms with Gasteiger partial charge in [0.2, 0.25) is 0 Å². The van der Waals surface area contributed by atoms with Gasteiger partial charge in [0, 0.05) is 13.7 Å².